The minimum absolute atomic E-state index is 0.0390. The van der Waals surface area contributed by atoms with E-state index in [1.54, 1.807) is 31.6 Å². The summed E-state index contributed by atoms with van der Waals surface area (Å²) < 4.78 is 15.9. The molecular formula is C22H25FN6O2. The van der Waals surface area contributed by atoms with E-state index < -0.39 is 0 Å². The van der Waals surface area contributed by atoms with Crippen LogP contribution in [0.3, 0.4) is 0 Å². The molecule has 9 heteroatoms. The van der Waals surface area contributed by atoms with Gasteiger partial charge in [-0.2, -0.15) is 5.10 Å². The molecule has 3 aromatic heterocycles. The number of carbonyl (C=O) groups excluding carboxylic acids is 1. The molecule has 2 aliphatic rings. The molecular weight excluding hydrogens is 399 g/mol. The molecule has 1 saturated carbocycles. The third kappa shape index (κ3) is 4.01. The van der Waals surface area contributed by atoms with Crippen LogP contribution >= 0.6 is 0 Å². The van der Waals surface area contributed by atoms with Gasteiger partial charge in [-0.1, -0.05) is 0 Å². The topological polar surface area (TPSA) is 85.5 Å². The molecule has 0 bridgehead atoms. The zero-order valence-corrected chi connectivity index (χ0v) is 17.4. The fourth-order valence-electron chi connectivity index (χ4n) is 4.78. The standard InChI is InChI=1S/C22H25FN6O2/c1-14-26-21-18(23)11-16(13-28(21)27-14)10-15-2-4-17(5-3-15)22(30)29-20(6-9-31-29)19-12-24-7-8-25-19/h7-8,11-13,15,17,20H,2-6,9-10H2,1H3/t15?,17?,20-/m0/s1. The zero-order chi connectivity index (χ0) is 21.4. The number of aromatic nitrogens is 5. The van der Waals surface area contributed by atoms with Gasteiger partial charge in [0.05, 0.1) is 18.5 Å². The molecule has 0 aromatic carbocycles. The average Bonchev–Trinajstić information content (AvgIpc) is 3.41. The molecule has 1 aliphatic heterocycles. The van der Waals surface area contributed by atoms with E-state index in [9.17, 15) is 9.18 Å². The number of hydroxylamine groups is 2. The van der Waals surface area contributed by atoms with Gasteiger partial charge in [0.1, 0.15) is 11.9 Å². The second-order valence-corrected chi connectivity index (χ2v) is 8.48. The summed E-state index contributed by atoms with van der Waals surface area (Å²) in [5, 5.41) is 5.75. The van der Waals surface area contributed by atoms with E-state index in [0.29, 0.717) is 18.3 Å². The molecule has 1 aliphatic carbocycles. The van der Waals surface area contributed by atoms with Gasteiger partial charge in [0.15, 0.2) is 11.5 Å². The normalized spacial score (nSPS) is 24.1. The van der Waals surface area contributed by atoms with E-state index in [4.69, 9.17) is 4.84 Å². The minimum atomic E-state index is -0.344. The van der Waals surface area contributed by atoms with Crippen molar-refractivity contribution in [3.8, 4) is 0 Å². The van der Waals surface area contributed by atoms with E-state index in [-0.39, 0.29) is 29.3 Å². The first-order chi connectivity index (χ1) is 15.1. The second kappa shape index (κ2) is 8.30. The molecule has 5 rings (SSSR count). The molecule has 1 atom stereocenters. The van der Waals surface area contributed by atoms with Crippen molar-refractivity contribution in [2.24, 2.45) is 11.8 Å². The summed E-state index contributed by atoms with van der Waals surface area (Å²) in [6, 6.07) is 1.39. The number of hydrogen-bond acceptors (Lipinski definition) is 6. The number of pyridine rings is 1. The molecule has 0 radical (unpaired) electrons. The van der Waals surface area contributed by atoms with Gasteiger partial charge in [0.25, 0.3) is 0 Å². The quantitative estimate of drug-likeness (QED) is 0.639. The Balaban J connectivity index is 1.21. The van der Waals surface area contributed by atoms with Crippen LogP contribution in [-0.2, 0) is 16.1 Å². The van der Waals surface area contributed by atoms with Crippen LogP contribution in [0.5, 0.6) is 0 Å². The molecule has 162 valence electrons. The van der Waals surface area contributed by atoms with Gasteiger partial charge < -0.3 is 0 Å². The second-order valence-electron chi connectivity index (χ2n) is 8.48. The lowest BCUT2D eigenvalue weighted by atomic mass is 9.79. The zero-order valence-electron chi connectivity index (χ0n) is 17.4. The monoisotopic (exact) mass is 424 g/mol. The third-order valence-corrected chi connectivity index (χ3v) is 6.32. The molecule has 0 spiro atoms. The number of halogens is 1. The van der Waals surface area contributed by atoms with Gasteiger partial charge in [-0.25, -0.2) is 19.0 Å². The van der Waals surface area contributed by atoms with E-state index >= 15 is 0 Å². The summed E-state index contributed by atoms with van der Waals surface area (Å²) in [6.07, 6.45) is 11.8. The van der Waals surface area contributed by atoms with Crippen LogP contribution in [0.1, 0.15) is 55.2 Å². The van der Waals surface area contributed by atoms with Crippen LogP contribution < -0.4 is 0 Å². The predicted molar refractivity (Wildman–Crippen MR) is 109 cm³/mol. The maximum Gasteiger partial charge on any atom is 0.249 e. The van der Waals surface area contributed by atoms with Crippen molar-refractivity contribution in [2.75, 3.05) is 6.61 Å². The van der Waals surface area contributed by atoms with Crippen molar-refractivity contribution >= 4 is 11.6 Å². The highest BCUT2D eigenvalue weighted by Gasteiger charge is 2.38. The molecule has 0 unspecified atom stereocenters. The maximum absolute atomic E-state index is 14.3. The Bertz CT molecular complexity index is 1080. The predicted octanol–water partition coefficient (Wildman–Crippen LogP) is 3.22. The summed E-state index contributed by atoms with van der Waals surface area (Å²) in [4.78, 5) is 31.4. The number of carbonyl (C=O) groups is 1. The molecule has 1 amide bonds. The molecule has 1 saturated heterocycles. The first kappa shape index (κ1) is 20.0. The highest BCUT2D eigenvalue weighted by Crippen LogP contribution is 2.36. The maximum atomic E-state index is 14.3. The van der Waals surface area contributed by atoms with Crippen LogP contribution in [0, 0.1) is 24.6 Å². The smallest absolute Gasteiger partial charge is 0.249 e. The Labute approximate surface area is 179 Å². The Morgan fingerprint density at radius 3 is 2.84 bits per heavy atom. The highest BCUT2D eigenvalue weighted by molar-refractivity contribution is 5.78. The van der Waals surface area contributed by atoms with Crippen LogP contribution in [0.15, 0.2) is 30.9 Å². The SMILES string of the molecule is Cc1nc2c(F)cc(CC3CCC(C(=O)N4OCC[C@H]4c4cnccn4)CC3)cn2n1. The minimum Gasteiger partial charge on any atom is -0.272 e. The highest BCUT2D eigenvalue weighted by atomic mass is 19.1. The Hall–Kier alpha value is -2.94. The van der Waals surface area contributed by atoms with E-state index in [1.807, 2.05) is 6.20 Å². The van der Waals surface area contributed by atoms with E-state index in [1.165, 1.54) is 9.58 Å². The first-order valence-corrected chi connectivity index (χ1v) is 10.8. The van der Waals surface area contributed by atoms with Gasteiger partial charge in [-0.05, 0) is 56.6 Å². The van der Waals surface area contributed by atoms with Crippen LogP contribution in [-0.4, -0.2) is 42.1 Å². The van der Waals surface area contributed by atoms with Crippen molar-refractivity contribution < 1.29 is 14.0 Å². The third-order valence-electron chi connectivity index (χ3n) is 6.32. The molecule has 4 heterocycles. The molecule has 2 fully saturated rings. The fraction of sp³-hybridized carbons (Fsp3) is 0.500. The summed E-state index contributed by atoms with van der Waals surface area (Å²) >= 11 is 0. The van der Waals surface area contributed by atoms with E-state index in [0.717, 1.165) is 49.8 Å². The van der Waals surface area contributed by atoms with Gasteiger partial charge in [0.2, 0.25) is 5.91 Å². The Morgan fingerprint density at radius 2 is 2.06 bits per heavy atom. The number of hydrogen-bond donors (Lipinski definition) is 0. The largest absolute Gasteiger partial charge is 0.272 e. The van der Waals surface area contributed by atoms with Crippen molar-refractivity contribution in [3.05, 3.63) is 53.8 Å². The summed E-state index contributed by atoms with van der Waals surface area (Å²) in [7, 11) is 0. The van der Waals surface area contributed by atoms with Gasteiger partial charge in [0, 0.05) is 30.9 Å². The first-order valence-electron chi connectivity index (χ1n) is 10.8. The van der Waals surface area contributed by atoms with Gasteiger partial charge in [-0.15, -0.1) is 0 Å². The summed E-state index contributed by atoms with van der Waals surface area (Å²) in [5.74, 6) is 0.617. The van der Waals surface area contributed by atoms with Crippen LogP contribution in [0.2, 0.25) is 0 Å². The molecule has 31 heavy (non-hydrogen) atoms. The van der Waals surface area contributed by atoms with Crippen molar-refractivity contribution in [2.45, 2.75) is 51.5 Å². The fourth-order valence-corrected chi connectivity index (χ4v) is 4.78. The Kier molecular flexibility index (Phi) is 5.35. The van der Waals surface area contributed by atoms with Gasteiger partial charge in [-0.3, -0.25) is 19.6 Å². The van der Waals surface area contributed by atoms with Crippen molar-refractivity contribution in [1.82, 2.24) is 29.6 Å². The number of aryl methyl sites for hydroxylation is 1. The van der Waals surface area contributed by atoms with Crippen molar-refractivity contribution in [1.29, 1.82) is 0 Å². The molecule has 8 nitrogen and oxygen atoms in total. The van der Waals surface area contributed by atoms with Crippen LogP contribution in [0.25, 0.3) is 5.65 Å². The number of fused-ring (bicyclic) bond motifs is 1. The number of nitrogens with zero attached hydrogens (tertiary/aromatic N) is 6. The van der Waals surface area contributed by atoms with E-state index in [2.05, 4.69) is 20.1 Å². The van der Waals surface area contributed by atoms with Crippen molar-refractivity contribution in [3.63, 3.8) is 0 Å². The number of amides is 1. The number of rotatable bonds is 4. The lowest BCUT2D eigenvalue weighted by molar-refractivity contribution is -0.183. The van der Waals surface area contributed by atoms with Gasteiger partial charge >= 0.3 is 0 Å². The molecule has 0 N–H and O–H groups in total. The lowest BCUT2D eigenvalue weighted by Gasteiger charge is -2.31. The summed E-state index contributed by atoms with van der Waals surface area (Å²) in [6.45, 7) is 2.27. The lowest BCUT2D eigenvalue weighted by Crippen LogP contribution is -2.37. The Morgan fingerprint density at radius 1 is 1.23 bits per heavy atom. The average molecular weight is 424 g/mol. The molecule has 3 aromatic rings. The van der Waals surface area contributed by atoms with Crippen LogP contribution in [0.4, 0.5) is 4.39 Å². The summed E-state index contributed by atoms with van der Waals surface area (Å²) in [5.41, 5.74) is 1.94.